The summed E-state index contributed by atoms with van der Waals surface area (Å²) in [7, 11) is 0. The quantitative estimate of drug-likeness (QED) is 0.503. The van der Waals surface area contributed by atoms with Crippen LogP contribution in [0.25, 0.3) is 0 Å². The van der Waals surface area contributed by atoms with Crippen LogP contribution in [0.2, 0.25) is 0 Å². The van der Waals surface area contributed by atoms with E-state index in [1.807, 2.05) is 36.4 Å². The number of aromatic nitrogens is 2. The average molecular weight is 284 g/mol. The molecule has 100 valence electrons. The monoisotopic (exact) mass is 284 g/mol. The standard InChI is InChI=1S/C13H12N6S/c20-13(18-16-9-11-5-1-3-7-14-11)19-17-10-12-6-2-4-8-15-12/h1-10H,(H2,18,19,20)/b16-9-,17-10+. The topological polar surface area (TPSA) is 74.6 Å². The Labute approximate surface area is 121 Å². The van der Waals surface area contributed by atoms with Gasteiger partial charge < -0.3 is 0 Å². The summed E-state index contributed by atoms with van der Waals surface area (Å²) in [6, 6.07) is 11.1. The van der Waals surface area contributed by atoms with Crippen molar-refractivity contribution in [2.45, 2.75) is 0 Å². The van der Waals surface area contributed by atoms with Crippen LogP contribution in [0.3, 0.4) is 0 Å². The van der Waals surface area contributed by atoms with Gasteiger partial charge in [-0.25, -0.2) is 0 Å². The molecule has 0 unspecified atom stereocenters. The SMILES string of the molecule is S=C(N/N=C\c1ccccn1)N/N=C/c1ccccn1. The minimum Gasteiger partial charge on any atom is -0.255 e. The van der Waals surface area contributed by atoms with Gasteiger partial charge in [0.1, 0.15) is 0 Å². The highest BCUT2D eigenvalue weighted by Crippen LogP contribution is 1.88. The first-order chi connectivity index (χ1) is 9.84. The zero-order valence-corrected chi connectivity index (χ0v) is 11.3. The largest absolute Gasteiger partial charge is 0.255 e. The number of hydrogen-bond donors (Lipinski definition) is 2. The molecule has 0 aliphatic rings. The fraction of sp³-hybridized carbons (Fsp3) is 0. The van der Waals surface area contributed by atoms with Crippen LogP contribution in [-0.2, 0) is 0 Å². The van der Waals surface area contributed by atoms with Gasteiger partial charge in [0.25, 0.3) is 0 Å². The molecular formula is C13H12N6S. The van der Waals surface area contributed by atoms with Crippen molar-refractivity contribution in [2.75, 3.05) is 0 Å². The normalized spacial score (nSPS) is 10.8. The molecular weight excluding hydrogens is 272 g/mol. The van der Waals surface area contributed by atoms with Gasteiger partial charge in [-0.3, -0.25) is 20.8 Å². The van der Waals surface area contributed by atoms with E-state index in [0.717, 1.165) is 11.4 Å². The molecule has 0 radical (unpaired) electrons. The third-order valence-electron chi connectivity index (χ3n) is 2.10. The van der Waals surface area contributed by atoms with Crippen molar-refractivity contribution in [2.24, 2.45) is 10.2 Å². The van der Waals surface area contributed by atoms with E-state index in [0.29, 0.717) is 0 Å². The first kappa shape index (κ1) is 13.8. The molecule has 0 saturated heterocycles. The molecule has 0 spiro atoms. The first-order valence-corrected chi connectivity index (χ1v) is 6.19. The summed E-state index contributed by atoms with van der Waals surface area (Å²) in [6.07, 6.45) is 6.51. The van der Waals surface area contributed by atoms with Crippen LogP contribution in [-0.4, -0.2) is 27.5 Å². The lowest BCUT2D eigenvalue weighted by molar-refractivity contribution is 0.933. The van der Waals surface area contributed by atoms with Crippen LogP contribution in [0.5, 0.6) is 0 Å². The summed E-state index contributed by atoms with van der Waals surface area (Å²) in [5, 5.41) is 8.15. The summed E-state index contributed by atoms with van der Waals surface area (Å²) < 4.78 is 0. The maximum Gasteiger partial charge on any atom is 0.207 e. The highest BCUT2D eigenvalue weighted by atomic mass is 32.1. The average Bonchev–Trinajstić information content (AvgIpc) is 2.49. The van der Waals surface area contributed by atoms with Crippen LogP contribution in [0.15, 0.2) is 59.0 Å². The Morgan fingerprint density at radius 2 is 1.40 bits per heavy atom. The predicted octanol–water partition coefficient (Wildman–Crippen LogP) is 1.31. The minimum atomic E-state index is 0.282. The third-order valence-corrected chi connectivity index (χ3v) is 2.28. The van der Waals surface area contributed by atoms with Crippen molar-refractivity contribution in [3.63, 3.8) is 0 Å². The molecule has 20 heavy (non-hydrogen) atoms. The van der Waals surface area contributed by atoms with Gasteiger partial charge in [0, 0.05) is 12.4 Å². The molecule has 0 saturated carbocycles. The van der Waals surface area contributed by atoms with E-state index in [1.54, 1.807) is 24.8 Å². The van der Waals surface area contributed by atoms with Crippen molar-refractivity contribution >= 4 is 29.8 Å². The zero-order valence-electron chi connectivity index (χ0n) is 10.5. The van der Waals surface area contributed by atoms with Crippen LogP contribution in [0.4, 0.5) is 0 Å². The molecule has 0 aliphatic carbocycles. The molecule has 2 aromatic heterocycles. The summed E-state index contributed by atoms with van der Waals surface area (Å²) in [4.78, 5) is 8.17. The van der Waals surface area contributed by atoms with Crippen LogP contribution < -0.4 is 10.9 Å². The second kappa shape index (κ2) is 7.70. The van der Waals surface area contributed by atoms with Crippen LogP contribution >= 0.6 is 12.2 Å². The molecule has 6 nitrogen and oxygen atoms in total. The Hall–Kier alpha value is -2.67. The van der Waals surface area contributed by atoms with Gasteiger partial charge in [0.05, 0.1) is 23.8 Å². The summed E-state index contributed by atoms with van der Waals surface area (Å²) >= 11 is 4.99. The lowest BCUT2D eigenvalue weighted by Crippen LogP contribution is -2.28. The van der Waals surface area contributed by atoms with Crippen LogP contribution in [0, 0.1) is 0 Å². The van der Waals surface area contributed by atoms with E-state index >= 15 is 0 Å². The van der Waals surface area contributed by atoms with E-state index in [4.69, 9.17) is 12.2 Å². The molecule has 0 aromatic carbocycles. The van der Waals surface area contributed by atoms with Gasteiger partial charge in [0.2, 0.25) is 5.11 Å². The van der Waals surface area contributed by atoms with Crippen molar-refractivity contribution in [1.29, 1.82) is 0 Å². The number of rotatable bonds is 4. The fourth-order valence-corrected chi connectivity index (χ4v) is 1.35. The Morgan fingerprint density at radius 1 is 0.900 bits per heavy atom. The minimum absolute atomic E-state index is 0.282. The smallest absolute Gasteiger partial charge is 0.207 e. The number of pyridine rings is 2. The van der Waals surface area contributed by atoms with Gasteiger partial charge in [-0.05, 0) is 36.5 Å². The van der Waals surface area contributed by atoms with Gasteiger partial charge >= 0.3 is 0 Å². The number of hydrogen-bond acceptors (Lipinski definition) is 5. The Bertz CT molecular complexity index is 543. The number of thiocarbonyl (C=S) groups is 1. The molecule has 7 heteroatoms. The molecule has 2 aromatic rings. The molecule has 0 atom stereocenters. The Balaban J connectivity index is 1.76. The number of nitrogens with one attached hydrogen (secondary N) is 2. The van der Waals surface area contributed by atoms with Crippen molar-refractivity contribution < 1.29 is 0 Å². The van der Waals surface area contributed by atoms with E-state index in [9.17, 15) is 0 Å². The summed E-state index contributed by atoms with van der Waals surface area (Å²) in [6.45, 7) is 0. The molecule has 2 heterocycles. The molecule has 0 bridgehead atoms. The van der Waals surface area contributed by atoms with Gasteiger partial charge in [-0.1, -0.05) is 12.1 Å². The van der Waals surface area contributed by atoms with Crippen molar-refractivity contribution in [1.82, 2.24) is 20.8 Å². The van der Waals surface area contributed by atoms with Gasteiger partial charge in [-0.2, -0.15) is 10.2 Å². The molecule has 0 aliphatic heterocycles. The fourth-order valence-electron chi connectivity index (χ4n) is 1.24. The highest BCUT2D eigenvalue weighted by molar-refractivity contribution is 7.80. The molecule has 0 amide bonds. The maximum atomic E-state index is 4.99. The van der Waals surface area contributed by atoms with Gasteiger partial charge in [0.15, 0.2) is 0 Å². The lowest BCUT2D eigenvalue weighted by atomic mass is 10.4. The second-order valence-corrected chi connectivity index (χ2v) is 3.99. The predicted molar refractivity (Wildman–Crippen MR) is 82.5 cm³/mol. The Kier molecular flexibility index (Phi) is 5.29. The van der Waals surface area contributed by atoms with Gasteiger partial charge in [-0.15, -0.1) is 0 Å². The number of hydrazone groups is 2. The highest BCUT2D eigenvalue weighted by Gasteiger charge is 1.90. The second-order valence-electron chi connectivity index (χ2n) is 3.58. The maximum absolute atomic E-state index is 4.99. The summed E-state index contributed by atoms with van der Waals surface area (Å²) in [5.74, 6) is 0. The molecule has 0 fully saturated rings. The van der Waals surface area contributed by atoms with E-state index in [2.05, 4.69) is 31.0 Å². The zero-order chi connectivity index (χ0) is 14.0. The van der Waals surface area contributed by atoms with E-state index < -0.39 is 0 Å². The summed E-state index contributed by atoms with van der Waals surface area (Å²) in [5.41, 5.74) is 6.74. The van der Waals surface area contributed by atoms with E-state index in [-0.39, 0.29) is 5.11 Å². The molecule has 2 rings (SSSR count). The number of nitrogens with zero attached hydrogens (tertiary/aromatic N) is 4. The third kappa shape index (κ3) is 4.91. The van der Waals surface area contributed by atoms with Crippen molar-refractivity contribution in [3.05, 3.63) is 60.2 Å². The lowest BCUT2D eigenvalue weighted by Gasteiger charge is -2.00. The first-order valence-electron chi connectivity index (χ1n) is 5.79. The van der Waals surface area contributed by atoms with Crippen molar-refractivity contribution in [3.8, 4) is 0 Å². The Morgan fingerprint density at radius 3 is 1.80 bits per heavy atom. The van der Waals surface area contributed by atoms with E-state index in [1.165, 1.54) is 0 Å². The molecule has 2 N–H and O–H groups in total. The van der Waals surface area contributed by atoms with Crippen LogP contribution in [0.1, 0.15) is 11.4 Å².